The van der Waals surface area contributed by atoms with Gasteiger partial charge in [-0.3, -0.25) is 9.59 Å². The number of hydrogen-bond donors (Lipinski definition) is 0. The van der Waals surface area contributed by atoms with Crippen LogP contribution < -0.4 is 0 Å². The second kappa shape index (κ2) is 25.5. The van der Waals surface area contributed by atoms with Crippen LogP contribution >= 0.6 is 0 Å². The van der Waals surface area contributed by atoms with Crippen LogP contribution in [0.25, 0.3) is 0 Å². The predicted octanol–water partition coefficient (Wildman–Crippen LogP) is 15.0. The van der Waals surface area contributed by atoms with Crippen LogP contribution in [-0.2, 0) is 51.3 Å². The van der Waals surface area contributed by atoms with Crippen LogP contribution in [0.1, 0.15) is 174 Å². The molecule has 5 saturated heterocycles. The van der Waals surface area contributed by atoms with E-state index in [0.29, 0.717) is 31.6 Å². The summed E-state index contributed by atoms with van der Waals surface area (Å²) in [6.45, 7) is 54.4. The Labute approximate surface area is 471 Å². The Hall–Kier alpha value is -1.57. The number of allylic oxidation sites excluding steroid dienone is 1. The first-order valence-corrected chi connectivity index (χ1v) is 39.0. The molecule has 6 heterocycles. The first-order chi connectivity index (χ1) is 35.5. The second-order valence-electron chi connectivity index (χ2n) is 29.3. The molecule has 11 nitrogen and oxygen atoms in total. The largest absolute Gasteiger partial charge is 0.459 e. The third-order valence-electron chi connectivity index (χ3n) is 20.2. The van der Waals surface area contributed by atoms with Gasteiger partial charge in [-0.05, 0) is 135 Å². The number of hydrogen-bond acceptors (Lipinski definition) is 11. The van der Waals surface area contributed by atoms with Gasteiger partial charge in [0.15, 0.2) is 30.7 Å². The van der Waals surface area contributed by atoms with Crippen LogP contribution in [0.2, 0.25) is 54.4 Å². The Bertz CT molecular complexity index is 2080. The molecule has 0 aromatic carbocycles. The van der Waals surface area contributed by atoms with E-state index < -0.39 is 55.5 Å². The molecule has 0 aliphatic carbocycles. The van der Waals surface area contributed by atoms with Crippen molar-refractivity contribution in [1.82, 2.24) is 0 Å². The molecule has 14 heteroatoms. The van der Waals surface area contributed by atoms with Gasteiger partial charge in [0.25, 0.3) is 0 Å². The normalized spacial score (nSPS) is 38.6. The summed E-state index contributed by atoms with van der Waals surface area (Å²) in [5, 5.41) is -0.317. The van der Waals surface area contributed by atoms with Gasteiger partial charge in [0.2, 0.25) is 0 Å². The molecule has 0 aromatic heterocycles. The summed E-state index contributed by atoms with van der Waals surface area (Å²) >= 11 is 0. The highest BCUT2D eigenvalue weighted by Crippen LogP contribution is 2.48. The van der Waals surface area contributed by atoms with E-state index in [4.69, 9.17) is 41.7 Å². The van der Waals surface area contributed by atoms with Crippen molar-refractivity contribution in [1.29, 1.82) is 0 Å². The Kier molecular flexibility index (Phi) is 21.4. The lowest BCUT2D eigenvalue weighted by molar-refractivity contribution is -0.264. The molecule has 0 radical (unpaired) electrons. The topological polar surface area (TPSA) is 117 Å². The maximum Gasteiger partial charge on any atom is 0.310 e. The molecule has 6 aliphatic rings. The molecule has 5 fully saturated rings. The summed E-state index contributed by atoms with van der Waals surface area (Å²) in [4.78, 5) is 28.5. The monoisotopic (exact) mass is 1130 g/mol. The van der Waals surface area contributed by atoms with Crippen LogP contribution in [0.15, 0.2) is 48.6 Å². The molecule has 18 atom stereocenters. The zero-order valence-electron chi connectivity index (χ0n) is 52.1. The Morgan fingerprint density at radius 1 is 0.623 bits per heavy atom. The lowest BCUT2D eigenvalue weighted by atomic mass is 9.78. The number of ether oxygens (including phenoxy) is 6. The summed E-state index contributed by atoms with van der Waals surface area (Å²) in [6, 6.07) is 0. The van der Waals surface area contributed by atoms with Crippen molar-refractivity contribution in [3.63, 3.8) is 0 Å². The molecule has 6 bridgehead atoms. The molecule has 0 aromatic rings. The Morgan fingerprint density at radius 3 is 1.84 bits per heavy atom. The number of fused-ring (bicyclic) bond motifs is 8. The van der Waals surface area contributed by atoms with E-state index in [2.05, 4.69) is 155 Å². The van der Waals surface area contributed by atoms with Gasteiger partial charge < -0.3 is 41.7 Å². The fourth-order valence-corrected chi connectivity index (χ4v) is 15.8. The summed E-state index contributed by atoms with van der Waals surface area (Å²) in [7, 11) is -7.41. The maximum atomic E-state index is 14.3. The number of ketones is 1. The van der Waals surface area contributed by atoms with Gasteiger partial charge >= 0.3 is 5.97 Å². The molecular formula is C63H110O11Si3. The van der Waals surface area contributed by atoms with Crippen molar-refractivity contribution >= 4 is 36.7 Å². The molecule has 6 aliphatic heterocycles. The first-order valence-electron chi connectivity index (χ1n) is 30.3. The van der Waals surface area contributed by atoms with Crippen molar-refractivity contribution in [2.45, 2.75) is 314 Å². The van der Waals surface area contributed by atoms with Gasteiger partial charge in [0.1, 0.15) is 12.2 Å². The number of rotatable bonds is 8. The second-order valence-corrected chi connectivity index (χ2v) is 43.6. The summed E-state index contributed by atoms with van der Waals surface area (Å²) in [5.74, 6) is 0.145. The zero-order chi connectivity index (χ0) is 57.4. The van der Waals surface area contributed by atoms with Crippen molar-refractivity contribution in [2.75, 3.05) is 0 Å². The van der Waals surface area contributed by atoms with Crippen molar-refractivity contribution in [3.8, 4) is 0 Å². The molecule has 77 heavy (non-hydrogen) atoms. The smallest absolute Gasteiger partial charge is 0.310 e. The van der Waals surface area contributed by atoms with Gasteiger partial charge in [0, 0.05) is 24.7 Å². The molecular weight excluding hydrogens is 1020 g/mol. The number of carbonyl (C=O) groups excluding carboxylic acids is 2. The van der Waals surface area contributed by atoms with Gasteiger partial charge in [-0.1, -0.05) is 135 Å². The molecule has 18 unspecified atom stereocenters. The summed E-state index contributed by atoms with van der Waals surface area (Å²) < 4.78 is 64.5. The molecule has 0 amide bonds. The van der Waals surface area contributed by atoms with E-state index >= 15 is 0 Å². The highest BCUT2D eigenvalue weighted by atomic mass is 28.4. The highest BCUT2D eigenvalue weighted by Gasteiger charge is 2.56. The van der Waals surface area contributed by atoms with Crippen LogP contribution in [0.3, 0.4) is 0 Å². The van der Waals surface area contributed by atoms with Gasteiger partial charge in [-0.2, -0.15) is 0 Å². The van der Waals surface area contributed by atoms with Crippen LogP contribution in [-0.4, -0.2) is 122 Å². The predicted molar refractivity (Wildman–Crippen MR) is 319 cm³/mol. The molecule has 6 rings (SSSR count). The van der Waals surface area contributed by atoms with E-state index in [0.717, 1.165) is 56.1 Å². The average molecular weight is 1130 g/mol. The van der Waals surface area contributed by atoms with E-state index in [-0.39, 0.29) is 106 Å². The van der Waals surface area contributed by atoms with E-state index in [9.17, 15) is 9.59 Å². The average Bonchev–Trinajstić information content (AvgIpc) is 3.69. The molecule has 0 saturated carbocycles. The van der Waals surface area contributed by atoms with E-state index in [1.807, 2.05) is 12.2 Å². The van der Waals surface area contributed by atoms with E-state index in [1.54, 1.807) is 6.08 Å². The highest BCUT2D eigenvalue weighted by molar-refractivity contribution is 6.75. The summed E-state index contributed by atoms with van der Waals surface area (Å²) in [5.41, 5.74) is 2.14. The number of carbonyl (C=O) groups is 2. The first kappa shape index (κ1) is 64.6. The third-order valence-corrected chi connectivity index (χ3v) is 33.6. The zero-order valence-corrected chi connectivity index (χ0v) is 55.1. The quantitative estimate of drug-likeness (QED) is 0.131. The summed E-state index contributed by atoms with van der Waals surface area (Å²) in [6.07, 6.45) is 12.1. The van der Waals surface area contributed by atoms with Crippen molar-refractivity contribution < 1.29 is 51.3 Å². The fraction of sp³-hybridized carbons (Fsp3) is 0.841. The lowest BCUT2D eigenvalue weighted by Crippen LogP contribution is -2.65. The van der Waals surface area contributed by atoms with Gasteiger partial charge in [-0.25, -0.2) is 0 Å². The number of esters is 1. The van der Waals surface area contributed by atoms with Crippen LogP contribution in [0, 0.1) is 23.7 Å². The minimum absolute atomic E-state index is 0.00223. The minimum Gasteiger partial charge on any atom is -0.459 e. The molecule has 0 spiro atoms. The van der Waals surface area contributed by atoms with Gasteiger partial charge in [0.05, 0.1) is 79.7 Å². The molecule has 440 valence electrons. The third kappa shape index (κ3) is 15.8. The Morgan fingerprint density at radius 2 is 1.22 bits per heavy atom. The van der Waals surface area contributed by atoms with Crippen LogP contribution in [0.4, 0.5) is 0 Å². The SMILES string of the molecule is C=C1CC2CCC(=O)/C=C/C(O[Si](C)(C)C(C)(C)C)C3OC(CC=CCC(=O)OC4C(CC5OC(CCC1O2)CC(C)C5=C)OC1CC(C)C(CCC)OC1C4C)C(C)C(O[Si](C)(C)C(C)(C)C)C3O[Si](C)(C)C(C)(C)C. The van der Waals surface area contributed by atoms with Crippen LogP contribution in [0.5, 0.6) is 0 Å². The Balaban J connectivity index is 1.40. The lowest BCUT2D eigenvalue weighted by Gasteiger charge is -2.54. The fourth-order valence-electron chi connectivity index (χ4n) is 11.8. The van der Waals surface area contributed by atoms with Crippen molar-refractivity contribution in [2.24, 2.45) is 23.7 Å². The molecule has 0 N–H and O–H groups in total. The van der Waals surface area contributed by atoms with Crippen molar-refractivity contribution in [3.05, 3.63) is 48.6 Å². The standard InChI is InChI=1S/C63H110O11Si3/c1-23-26-48-41(4)37-53-56(69-48)44(7)57-54(68-53)38-52-42(5)39(2)35-47(67-52)32-34-49-40(3)36-46(66-49)31-29-45(64)30-33-51(72-75(17,18)61(8,9)10)59-60(74-77(21,22)63(14,15)16)58(73-76(19,20)62(11,12)13)43(6)50(70-59)27-24-25-28-55(65)71-57/h24-25,30,33,39,41,43-44,46-54,56-60H,3,5,23,26-29,31-32,34-38H2,1-2,4,6-22H3/b25-24?,33-30+. The van der Waals surface area contributed by atoms with E-state index in [1.165, 1.54) is 0 Å². The van der Waals surface area contributed by atoms with Gasteiger partial charge in [-0.15, -0.1) is 0 Å². The maximum absolute atomic E-state index is 14.3. The minimum atomic E-state index is -2.50.